The molecule has 2 aromatic carbocycles. The summed E-state index contributed by atoms with van der Waals surface area (Å²) in [5.74, 6) is -0.832. The van der Waals surface area contributed by atoms with Crippen LogP contribution >= 0.6 is 11.6 Å². The number of halogens is 2. The highest BCUT2D eigenvalue weighted by Crippen LogP contribution is 2.22. The van der Waals surface area contributed by atoms with E-state index in [1.54, 1.807) is 36.4 Å². The van der Waals surface area contributed by atoms with E-state index in [9.17, 15) is 22.4 Å². The maximum Gasteiger partial charge on any atom is 0.243 e. The Morgan fingerprint density at radius 1 is 1.08 bits per heavy atom. The molecule has 0 unspecified atom stereocenters. The van der Waals surface area contributed by atoms with Gasteiger partial charge in [0, 0.05) is 30.6 Å². The van der Waals surface area contributed by atoms with Gasteiger partial charge in [0.2, 0.25) is 21.8 Å². The quantitative estimate of drug-likeness (QED) is 0.407. The van der Waals surface area contributed by atoms with E-state index in [2.05, 4.69) is 5.32 Å². The van der Waals surface area contributed by atoms with Crippen molar-refractivity contribution in [1.29, 1.82) is 0 Å². The second kappa shape index (κ2) is 13.2. The lowest BCUT2D eigenvalue weighted by molar-refractivity contribution is -0.141. The number of rotatable bonds is 12. The summed E-state index contributed by atoms with van der Waals surface area (Å²) in [6.45, 7) is 2.11. The van der Waals surface area contributed by atoms with Crippen molar-refractivity contribution in [3.05, 3.63) is 64.9 Å². The number of carbonyl (C=O) groups is 2. The molecule has 7 nitrogen and oxygen atoms in total. The molecule has 1 aliphatic carbocycles. The van der Waals surface area contributed by atoms with Crippen LogP contribution < -0.4 is 9.62 Å². The minimum atomic E-state index is -3.58. The average molecular weight is 552 g/mol. The van der Waals surface area contributed by atoms with Gasteiger partial charge in [0.25, 0.3) is 0 Å². The van der Waals surface area contributed by atoms with Crippen LogP contribution in [-0.4, -0.2) is 50.0 Å². The van der Waals surface area contributed by atoms with Gasteiger partial charge < -0.3 is 10.2 Å². The first-order valence-electron chi connectivity index (χ1n) is 12.7. The molecular weight excluding hydrogens is 517 g/mol. The third-order valence-electron chi connectivity index (χ3n) is 6.62. The number of carbonyl (C=O) groups excluding carboxylic acids is 2. The molecule has 1 N–H and O–H groups in total. The molecule has 0 saturated heterocycles. The normalized spacial score (nSPS) is 14.8. The van der Waals surface area contributed by atoms with E-state index >= 15 is 0 Å². The predicted octanol–water partition coefficient (Wildman–Crippen LogP) is 4.89. The predicted molar refractivity (Wildman–Crippen MR) is 144 cm³/mol. The van der Waals surface area contributed by atoms with Crippen molar-refractivity contribution >= 4 is 39.1 Å². The molecule has 0 aliphatic heterocycles. The van der Waals surface area contributed by atoms with E-state index in [1.165, 1.54) is 21.3 Å². The van der Waals surface area contributed by atoms with Crippen LogP contribution in [0, 0.1) is 5.82 Å². The fourth-order valence-corrected chi connectivity index (χ4v) is 5.78. The highest BCUT2D eigenvalue weighted by Gasteiger charge is 2.30. The van der Waals surface area contributed by atoms with Crippen LogP contribution in [0.3, 0.4) is 0 Å². The lowest BCUT2D eigenvalue weighted by Crippen LogP contribution is -2.51. The summed E-state index contributed by atoms with van der Waals surface area (Å²) in [5, 5.41) is 3.58. The van der Waals surface area contributed by atoms with Gasteiger partial charge in [0.1, 0.15) is 11.9 Å². The zero-order valence-electron chi connectivity index (χ0n) is 21.3. The molecule has 2 aromatic rings. The molecule has 0 radical (unpaired) electrons. The van der Waals surface area contributed by atoms with Gasteiger partial charge in [-0.05, 0) is 67.6 Å². The van der Waals surface area contributed by atoms with Gasteiger partial charge >= 0.3 is 0 Å². The third kappa shape index (κ3) is 8.43. The number of benzene rings is 2. The Hall–Kier alpha value is -2.65. The van der Waals surface area contributed by atoms with E-state index in [4.69, 9.17) is 11.6 Å². The van der Waals surface area contributed by atoms with E-state index in [0.29, 0.717) is 22.7 Å². The minimum Gasteiger partial charge on any atom is -0.352 e. The van der Waals surface area contributed by atoms with Crippen LogP contribution in [0.1, 0.15) is 57.4 Å². The highest BCUT2D eigenvalue weighted by atomic mass is 35.5. The third-order valence-corrected chi connectivity index (χ3v) is 8.07. The molecule has 1 aliphatic rings. The van der Waals surface area contributed by atoms with E-state index < -0.39 is 16.1 Å². The number of anilines is 1. The molecule has 202 valence electrons. The maximum atomic E-state index is 13.5. The largest absolute Gasteiger partial charge is 0.352 e. The van der Waals surface area contributed by atoms with Gasteiger partial charge in [0.15, 0.2) is 0 Å². The van der Waals surface area contributed by atoms with Crippen molar-refractivity contribution in [1.82, 2.24) is 10.2 Å². The molecule has 0 bridgehead atoms. The first-order valence-corrected chi connectivity index (χ1v) is 14.9. The van der Waals surface area contributed by atoms with Crippen molar-refractivity contribution < 1.29 is 22.4 Å². The number of amides is 2. The molecule has 1 atom stereocenters. The smallest absolute Gasteiger partial charge is 0.243 e. The second-order valence-electron chi connectivity index (χ2n) is 9.48. The maximum absolute atomic E-state index is 13.5. The minimum absolute atomic E-state index is 0.0496. The molecule has 2 amide bonds. The summed E-state index contributed by atoms with van der Waals surface area (Å²) < 4.78 is 39.5. The van der Waals surface area contributed by atoms with Crippen LogP contribution in [0.5, 0.6) is 0 Å². The van der Waals surface area contributed by atoms with E-state index in [1.807, 2.05) is 6.92 Å². The Kier molecular flexibility index (Phi) is 10.3. The van der Waals surface area contributed by atoms with Gasteiger partial charge in [0.05, 0.1) is 11.9 Å². The number of hydrogen-bond acceptors (Lipinski definition) is 4. The fraction of sp³-hybridized carbons (Fsp3) is 0.481. The van der Waals surface area contributed by atoms with Crippen molar-refractivity contribution in [3.8, 4) is 0 Å². The molecule has 3 rings (SSSR count). The summed E-state index contributed by atoms with van der Waals surface area (Å²) in [4.78, 5) is 28.2. The number of nitrogens with zero attached hydrogens (tertiary/aromatic N) is 2. The summed E-state index contributed by atoms with van der Waals surface area (Å²) in [5.41, 5.74) is 1.17. The van der Waals surface area contributed by atoms with Gasteiger partial charge in [-0.1, -0.05) is 43.5 Å². The van der Waals surface area contributed by atoms with Crippen molar-refractivity contribution in [2.24, 2.45) is 0 Å². The van der Waals surface area contributed by atoms with Gasteiger partial charge in [-0.15, -0.1) is 0 Å². The summed E-state index contributed by atoms with van der Waals surface area (Å²) in [7, 11) is -3.58. The van der Waals surface area contributed by atoms with Crippen molar-refractivity contribution in [2.75, 3.05) is 17.1 Å². The SMILES string of the molecule is CC[C@H](C(=O)NC1CCCC1)N(Cc1ccc(F)cc1)C(=O)CCCN(c1ccc(Cl)cc1)S(C)(=O)=O. The second-order valence-corrected chi connectivity index (χ2v) is 11.8. The molecule has 1 fully saturated rings. The van der Waals surface area contributed by atoms with Crippen LogP contribution in [0.4, 0.5) is 10.1 Å². The van der Waals surface area contributed by atoms with Gasteiger partial charge in [-0.2, -0.15) is 0 Å². The van der Waals surface area contributed by atoms with Crippen LogP contribution in [-0.2, 0) is 26.2 Å². The molecule has 0 aromatic heterocycles. The average Bonchev–Trinajstić information content (AvgIpc) is 3.36. The zero-order chi connectivity index (χ0) is 27.0. The standard InChI is InChI=1S/C27H35ClFN3O4S/c1-3-25(27(34)30-23-7-4-5-8-23)31(19-20-10-14-22(29)15-11-20)26(33)9-6-18-32(37(2,35)36)24-16-12-21(28)13-17-24/h10-17,23,25H,3-9,18-19H2,1-2H3,(H,30,34)/t25-/m1/s1. The van der Waals surface area contributed by atoms with Gasteiger partial charge in [-0.3, -0.25) is 13.9 Å². The number of nitrogens with one attached hydrogen (secondary N) is 1. The number of sulfonamides is 1. The molecule has 0 heterocycles. The van der Waals surface area contributed by atoms with Crippen LogP contribution in [0.25, 0.3) is 0 Å². The summed E-state index contributed by atoms with van der Waals surface area (Å²) in [6, 6.07) is 11.7. The lowest BCUT2D eigenvalue weighted by atomic mass is 10.1. The van der Waals surface area contributed by atoms with E-state index in [0.717, 1.165) is 31.9 Å². The Bertz CT molecular complexity index is 1150. The Morgan fingerprint density at radius 2 is 1.70 bits per heavy atom. The fourth-order valence-electron chi connectivity index (χ4n) is 4.68. The molecule has 10 heteroatoms. The monoisotopic (exact) mass is 551 g/mol. The summed E-state index contributed by atoms with van der Waals surface area (Å²) >= 11 is 5.94. The lowest BCUT2D eigenvalue weighted by Gasteiger charge is -2.32. The topological polar surface area (TPSA) is 86.8 Å². The first-order chi connectivity index (χ1) is 17.6. The molecule has 1 saturated carbocycles. The Labute approximate surface area is 224 Å². The Morgan fingerprint density at radius 3 is 2.27 bits per heavy atom. The van der Waals surface area contributed by atoms with Gasteiger partial charge in [-0.25, -0.2) is 12.8 Å². The Balaban J connectivity index is 1.74. The van der Waals surface area contributed by atoms with Crippen molar-refractivity contribution in [3.63, 3.8) is 0 Å². The zero-order valence-corrected chi connectivity index (χ0v) is 22.9. The van der Waals surface area contributed by atoms with Crippen LogP contribution in [0.2, 0.25) is 5.02 Å². The molecule has 37 heavy (non-hydrogen) atoms. The number of hydrogen-bond donors (Lipinski definition) is 1. The molecular formula is C27H35ClFN3O4S. The highest BCUT2D eigenvalue weighted by molar-refractivity contribution is 7.92. The molecule has 0 spiro atoms. The first kappa shape index (κ1) is 28.9. The van der Waals surface area contributed by atoms with Crippen molar-refractivity contribution in [2.45, 2.75) is 70.5 Å². The van der Waals surface area contributed by atoms with E-state index in [-0.39, 0.29) is 49.6 Å². The van der Waals surface area contributed by atoms with Crippen LogP contribution in [0.15, 0.2) is 48.5 Å². The summed E-state index contributed by atoms with van der Waals surface area (Å²) in [6.07, 6.45) is 5.86.